The molecule has 6 unspecified atom stereocenters. The number of aryl methyl sites for hydroxylation is 2. The summed E-state index contributed by atoms with van der Waals surface area (Å²) in [6.07, 6.45) is 8.47. The summed E-state index contributed by atoms with van der Waals surface area (Å²) in [5.41, 5.74) is 6.12. The Labute approximate surface area is 374 Å². The van der Waals surface area contributed by atoms with E-state index in [9.17, 15) is 30.4 Å². The number of aliphatic hydroxyl groups excluding tert-OH is 2. The average molecular weight is 869 g/mol. The molecular formula is C51H56N4O9. The van der Waals surface area contributed by atoms with Gasteiger partial charge in [-0.25, -0.2) is 0 Å². The van der Waals surface area contributed by atoms with Gasteiger partial charge in [0.1, 0.15) is 29.9 Å². The minimum absolute atomic E-state index is 0.00535. The summed E-state index contributed by atoms with van der Waals surface area (Å²) in [4.78, 5) is 33.3. The van der Waals surface area contributed by atoms with E-state index in [0.29, 0.717) is 52.5 Å². The number of oxime groups is 1. The van der Waals surface area contributed by atoms with Crippen molar-refractivity contribution in [1.29, 1.82) is 5.26 Å². The van der Waals surface area contributed by atoms with Gasteiger partial charge in [-0.2, -0.15) is 5.26 Å². The van der Waals surface area contributed by atoms with Crippen LogP contribution in [0.2, 0.25) is 0 Å². The Bertz CT molecular complexity index is 2430. The van der Waals surface area contributed by atoms with Crippen molar-refractivity contribution in [3.05, 3.63) is 153 Å². The number of nitriles is 1. The summed E-state index contributed by atoms with van der Waals surface area (Å²) in [6, 6.07) is 25.8. The molecule has 1 fully saturated rings. The second-order valence-corrected chi connectivity index (χ2v) is 16.9. The Kier molecular flexibility index (Phi) is 14.6. The lowest BCUT2D eigenvalue weighted by atomic mass is 9.55. The van der Waals surface area contributed by atoms with Gasteiger partial charge in [-0.3, -0.25) is 14.9 Å². The summed E-state index contributed by atoms with van der Waals surface area (Å²) in [5.74, 6) is -0.628. The van der Waals surface area contributed by atoms with Crippen LogP contribution in [0.25, 0.3) is 0 Å². The molecule has 13 heteroatoms. The van der Waals surface area contributed by atoms with Crippen LogP contribution in [-0.4, -0.2) is 70.4 Å². The number of likely N-dealkylation sites (N-methyl/N-ethyl adjacent to an activating group) is 1. The maximum absolute atomic E-state index is 14.6. The van der Waals surface area contributed by atoms with Crippen LogP contribution in [0.5, 0.6) is 17.2 Å². The van der Waals surface area contributed by atoms with Crippen LogP contribution >= 0.6 is 0 Å². The van der Waals surface area contributed by atoms with E-state index < -0.39 is 22.7 Å². The van der Waals surface area contributed by atoms with Gasteiger partial charge in [0.05, 0.1) is 34.8 Å². The van der Waals surface area contributed by atoms with Gasteiger partial charge in [0, 0.05) is 55.9 Å². The quantitative estimate of drug-likeness (QED) is 0.0399. The first-order chi connectivity index (χ1) is 31.0. The topological polar surface area (TPSA) is 177 Å². The lowest BCUT2D eigenvalue weighted by Gasteiger charge is -2.59. The standard InChI is InChI=1S/C51H56N4O9/c1-5-26-61-51-47(54(4)50(58)37-17-13-35(31-52)14-18-37)30-45(53-62-32-36-15-19-39(20-16-36)55(59)60)43-28-38(10-6-8-24-56)42(11-7-9-25-57)48(49(43)51)44-29-41(22-23-46(44)64-51)63-40-21-12-33(2)34(3)27-40/h5,12-23,27-29,38,42,47-49,56-57H,1,6-11,24-26,30,32H2,2-4H3. The van der Waals surface area contributed by atoms with Crippen molar-refractivity contribution in [2.75, 3.05) is 26.9 Å². The number of nitro benzene ring substituents is 1. The van der Waals surface area contributed by atoms with Crippen LogP contribution in [0.4, 0.5) is 5.69 Å². The molecular weight excluding hydrogens is 813 g/mol. The normalized spacial score (nSPS) is 22.5. The van der Waals surface area contributed by atoms with Crippen molar-refractivity contribution in [3.8, 4) is 23.3 Å². The number of nitrogens with zero attached hydrogens (tertiary/aromatic N) is 4. The molecule has 1 saturated carbocycles. The number of ether oxygens (including phenoxy) is 3. The van der Waals surface area contributed by atoms with Gasteiger partial charge in [0.25, 0.3) is 11.6 Å². The fourth-order valence-electron chi connectivity index (χ4n) is 9.64. The van der Waals surface area contributed by atoms with Crippen molar-refractivity contribution < 1.29 is 39.0 Å². The molecule has 1 amide bonds. The van der Waals surface area contributed by atoms with E-state index in [1.165, 1.54) is 12.1 Å². The van der Waals surface area contributed by atoms with E-state index in [-0.39, 0.29) is 62.2 Å². The maximum atomic E-state index is 14.6. The van der Waals surface area contributed by atoms with E-state index in [1.807, 2.05) is 37.3 Å². The smallest absolute Gasteiger partial charge is 0.269 e. The molecule has 7 rings (SSSR count). The Morgan fingerprint density at radius 2 is 1.69 bits per heavy atom. The number of hydrogen-bond acceptors (Lipinski definition) is 11. The molecule has 0 radical (unpaired) electrons. The van der Waals surface area contributed by atoms with Gasteiger partial charge in [-0.05, 0) is 140 Å². The molecule has 0 spiro atoms. The first-order valence-electron chi connectivity index (χ1n) is 22.0. The van der Waals surface area contributed by atoms with Crippen molar-refractivity contribution in [2.24, 2.45) is 22.9 Å². The first kappa shape index (κ1) is 45.7. The molecule has 0 saturated heterocycles. The number of non-ortho nitro benzene ring substituents is 1. The van der Waals surface area contributed by atoms with Gasteiger partial charge in [-0.15, -0.1) is 6.58 Å². The highest BCUT2D eigenvalue weighted by atomic mass is 16.7. The third-order valence-electron chi connectivity index (χ3n) is 13.0. The number of carbonyl (C=O) groups excluding carboxylic acids is 1. The average Bonchev–Trinajstić information content (AvgIpc) is 3.30. The van der Waals surface area contributed by atoms with E-state index in [1.54, 1.807) is 54.4 Å². The maximum Gasteiger partial charge on any atom is 0.269 e. The third kappa shape index (κ3) is 9.60. The number of nitro groups is 1. The molecule has 2 aliphatic carbocycles. The highest BCUT2D eigenvalue weighted by Gasteiger charge is 2.65. The van der Waals surface area contributed by atoms with Crippen molar-refractivity contribution in [1.82, 2.24) is 4.90 Å². The summed E-state index contributed by atoms with van der Waals surface area (Å²) < 4.78 is 20.8. The van der Waals surface area contributed by atoms with Gasteiger partial charge in [-0.1, -0.05) is 36.2 Å². The molecule has 4 aromatic carbocycles. The summed E-state index contributed by atoms with van der Waals surface area (Å²) >= 11 is 0. The first-order valence-corrected chi connectivity index (χ1v) is 22.0. The molecule has 64 heavy (non-hydrogen) atoms. The Morgan fingerprint density at radius 1 is 0.984 bits per heavy atom. The summed E-state index contributed by atoms with van der Waals surface area (Å²) in [7, 11) is 1.72. The monoisotopic (exact) mass is 868 g/mol. The highest BCUT2D eigenvalue weighted by molar-refractivity contribution is 6.03. The number of fused-ring (bicyclic) bond motifs is 2. The summed E-state index contributed by atoms with van der Waals surface area (Å²) in [6.45, 7) is 8.38. The van der Waals surface area contributed by atoms with E-state index in [0.717, 1.165) is 47.9 Å². The summed E-state index contributed by atoms with van der Waals surface area (Å²) in [5, 5.41) is 45.6. The number of hydrogen-bond donors (Lipinski definition) is 2. The number of carbonyl (C=O) groups is 1. The molecule has 1 aliphatic heterocycles. The predicted molar refractivity (Wildman–Crippen MR) is 242 cm³/mol. The number of allylic oxidation sites excluding steroid dienone is 1. The van der Waals surface area contributed by atoms with Crippen LogP contribution in [0.3, 0.4) is 0 Å². The van der Waals surface area contributed by atoms with Crippen LogP contribution in [0, 0.1) is 53.0 Å². The van der Waals surface area contributed by atoms with Gasteiger partial charge in [0.15, 0.2) is 0 Å². The molecule has 13 nitrogen and oxygen atoms in total. The number of aliphatic hydroxyl groups is 2. The van der Waals surface area contributed by atoms with Crippen molar-refractivity contribution in [3.63, 3.8) is 0 Å². The zero-order valence-corrected chi connectivity index (χ0v) is 36.7. The highest BCUT2D eigenvalue weighted by Crippen LogP contribution is 2.62. The zero-order valence-electron chi connectivity index (χ0n) is 36.7. The Morgan fingerprint density at radius 3 is 2.36 bits per heavy atom. The number of amides is 1. The van der Waals surface area contributed by atoms with Crippen molar-refractivity contribution in [2.45, 2.75) is 83.1 Å². The zero-order chi connectivity index (χ0) is 45.4. The van der Waals surface area contributed by atoms with Crippen LogP contribution in [0.15, 0.2) is 114 Å². The van der Waals surface area contributed by atoms with E-state index in [4.69, 9.17) is 24.2 Å². The minimum atomic E-state index is -1.46. The Hall–Kier alpha value is -6.33. The van der Waals surface area contributed by atoms with E-state index >= 15 is 0 Å². The minimum Gasteiger partial charge on any atom is -0.459 e. The number of unbranched alkanes of at least 4 members (excludes halogenated alkanes) is 2. The molecule has 2 N–H and O–H groups in total. The second-order valence-electron chi connectivity index (χ2n) is 16.9. The van der Waals surface area contributed by atoms with Crippen molar-refractivity contribution >= 4 is 17.3 Å². The lowest BCUT2D eigenvalue weighted by Crippen LogP contribution is -2.69. The van der Waals surface area contributed by atoms with Crippen LogP contribution in [-0.2, 0) is 16.2 Å². The molecule has 334 valence electrons. The fraction of sp³-hybridized carbons (Fsp3) is 0.392. The lowest BCUT2D eigenvalue weighted by molar-refractivity contribution is -0.384. The fourth-order valence-corrected chi connectivity index (χ4v) is 9.64. The molecule has 4 aromatic rings. The van der Waals surface area contributed by atoms with Crippen LogP contribution < -0.4 is 9.47 Å². The van der Waals surface area contributed by atoms with Gasteiger partial charge in [0.2, 0.25) is 5.79 Å². The SMILES string of the molecule is C=CCOC12Oc3ccc(Oc4ccc(C)c(C)c4)cc3C3C(CCCCO)C(CCCCO)C=C(C(=NOCc4ccc([N+](=O)[O-])cc4)CC1N(C)C(=O)c1ccc(C#N)cc1)C32. The predicted octanol–water partition coefficient (Wildman–Crippen LogP) is 9.48. The molecule has 3 aliphatic rings. The van der Waals surface area contributed by atoms with Crippen LogP contribution in [0.1, 0.15) is 89.0 Å². The molecule has 0 aromatic heterocycles. The second kappa shape index (κ2) is 20.5. The number of benzene rings is 4. The Balaban J connectivity index is 1.41. The number of rotatable bonds is 19. The molecule has 1 heterocycles. The third-order valence-corrected chi connectivity index (χ3v) is 13.0. The van der Waals surface area contributed by atoms with Gasteiger partial charge >= 0.3 is 0 Å². The molecule has 6 atom stereocenters. The largest absolute Gasteiger partial charge is 0.459 e. The van der Waals surface area contributed by atoms with Gasteiger partial charge < -0.3 is 34.2 Å². The molecule has 0 bridgehead atoms. The van der Waals surface area contributed by atoms with E-state index in [2.05, 4.69) is 31.7 Å².